The average Bonchev–Trinajstić information content (AvgIpc) is 3.27. The molecule has 0 unspecified atom stereocenters. The van der Waals surface area contributed by atoms with E-state index in [2.05, 4.69) is 15.9 Å². The predicted molar refractivity (Wildman–Crippen MR) is 120 cm³/mol. The number of nitrogens with zero attached hydrogens (tertiary/aromatic N) is 1. The molecule has 1 amide bonds. The van der Waals surface area contributed by atoms with Crippen molar-refractivity contribution in [2.45, 2.75) is 6.92 Å². The maximum absolute atomic E-state index is 13.0. The van der Waals surface area contributed by atoms with Crippen molar-refractivity contribution in [2.75, 3.05) is 25.4 Å². The molecule has 0 atom stereocenters. The minimum Gasteiger partial charge on any atom is -0.493 e. The number of amides is 1. The first-order valence-corrected chi connectivity index (χ1v) is 10.7. The molecular formula is C20H16BrNO5S2. The van der Waals surface area contributed by atoms with Crippen LogP contribution in [0, 0.1) is 0 Å². The second kappa shape index (κ2) is 8.25. The molecule has 4 rings (SSSR count). The Morgan fingerprint density at radius 1 is 1.28 bits per heavy atom. The highest BCUT2D eigenvalue weighted by molar-refractivity contribution is 9.10. The van der Waals surface area contributed by atoms with Crippen LogP contribution >= 0.6 is 39.9 Å². The summed E-state index contributed by atoms with van der Waals surface area (Å²) < 4.78 is 23.0. The van der Waals surface area contributed by atoms with Crippen LogP contribution in [0.4, 0.5) is 5.69 Å². The Morgan fingerprint density at radius 3 is 2.83 bits per heavy atom. The molecule has 2 aromatic carbocycles. The molecule has 2 heterocycles. The van der Waals surface area contributed by atoms with Gasteiger partial charge in [-0.05, 0) is 58.8 Å². The summed E-state index contributed by atoms with van der Waals surface area (Å²) in [4.78, 5) is 15.1. The molecule has 150 valence electrons. The fourth-order valence-electron chi connectivity index (χ4n) is 2.97. The number of carbonyl (C=O) groups is 1. The van der Waals surface area contributed by atoms with E-state index in [0.717, 1.165) is 10.0 Å². The molecule has 2 aliphatic heterocycles. The fourth-order valence-corrected chi connectivity index (χ4v) is 4.85. The van der Waals surface area contributed by atoms with Crippen molar-refractivity contribution in [3.05, 3.63) is 45.3 Å². The summed E-state index contributed by atoms with van der Waals surface area (Å²) >= 11 is 10.2. The smallest absolute Gasteiger partial charge is 0.270 e. The fraction of sp³-hybridized carbons (Fsp3) is 0.200. The highest BCUT2D eigenvalue weighted by Crippen LogP contribution is 2.42. The zero-order valence-corrected chi connectivity index (χ0v) is 18.8. The first-order chi connectivity index (χ1) is 14.0. The molecule has 9 heteroatoms. The summed E-state index contributed by atoms with van der Waals surface area (Å²) in [7, 11) is 1.58. The van der Waals surface area contributed by atoms with Crippen molar-refractivity contribution in [1.82, 2.24) is 0 Å². The summed E-state index contributed by atoms with van der Waals surface area (Å²) in [6, 6.07) is 9.02. The molecule has 29 heavy (non-hydrogen) atoms. The van der Waals surface area contributed by atoms with Crippen LogP contribution in [-0.2, 0) is 4.79 Å². The van der Waals surface area contributed by atoms with E-state index in [-0.39, 0.29) is 12.7 Å². The van der Waals surface area contributed by atoms with Crippen molar-refractivity contribution in [1.29, 1.82) is 0 Å². The molecule has 2 aliphatic rings. The minimum absolute atomic E-state index is 0.172. The van der Waals surface area contributed by atoms with Gasteiger partial charge in [0.05, 0.1) is 28.8 Å². The summed E-state index contributed by atoms with van der Waals surface area (Å²) in [6.07, 6.45) is 1.79. The number of methoxy groups -OCH3 is 1. The maximum Gasteiger partial charge on any atom is 0.270 e. The van der Waals surface area contributed by atoms with E-state index >= 15 is 0 Å². The Labute approximate surface area is 185 Å². The molecule has 2 aromatic rings. The molecule has 0 N–H and O–H groups in total. The van der Waals surface area contributed by atoms with E-state index in [0.29, 0.717) is 44.5 Å². The minimum atomic E-state index is -0.192. The number of carbonyl (C=O) groups excluding carboxylic acids is 1. The van der Waals surface area contributed by atoms with Crippen LogP contribution < -0.4 is 23.8 Å². The van der Waals surface area contributed by atoms with E-state index < -0.39 is 0 Å². The summed E-state index contributed by atoms with van der Waals surface area (Å²) in [5.74, 6) is 2.27. The first kappa shape index (κ1) is 20.1. The van der Waals surface area contributed by atoms with Gasteiger partial charge in [-0.25, -0.2) is 0 Å². The third-order valence-corrected chi connectivity index (χ3v) is 6.14. The predicted octanol–water partition coefficient (Wildman–Crippen LogP) is 4.99. The average molecular weight is 494 g/mol. The van der Waals surface area contributed by atoms with E-state index in [1.807, 2.05) is 19.1 Å². The normalized spacial score (nSPS) is 16.7. The van der Waals surface area contributed by atoms with Crippen LogP contribution in [0.1, 0.15) is 12.5 Å². The second-order valence-corrected chi connectivity index (χ2v) is 8.55. The highest BCUT2D eigenvalue weighted by Gasteiger charge is 2.34. The standard InChI is InChI=1S/C20H16BrNO5S2/c1-3-25-18-13(21)6-11(7-16(18)24-2)8-17-19(23)22(20(28)29-17)12-4-5-14-15(9-12)27-10-26-14/h4-9H,3,10H2,1-2H3. The lowest BCUT2D eigenvalue weighted by atomic mass is 10.1. The number of benzene rings is 2. The quantitative estimate of drug-likeness (QED) is 0.429. The molecule has 0 saturated carbocycles. The first-order valence-electron chi connectivity index (χ1n) is 8.69. The van der Waals surface area contributed by atoms with Gasteiger partial charge in [-0.1, -0.05) is 24.0 Å². The lowest BCUT2D eigenvalue weighted by Crippen LogP contribution is -2.27. The Balaban J connectivity index is 1.65. The monoisotopic (exact) mass is 493 g/mol. The van der Waals surface area contributed by atoms with Gasteiger partial charge in [-0.3, -0.25) is 9.69 Å². The molecule has 0 bridgehead atoms. The Morgan fingerprint density at radius 2 is 2.07 bits per heavy atom. The van der Waals surface area contributed by atoms with Crippen molar-refractivity contribution in [2.24, 2.45) is 0 Å². The van der Waals surface area contributed by atoms with Gasteiger partial charge in [0, 0.05) is 6.07 Å². The molecule has 1 saturated heterocycles. The number of fused-ring (bicyclic) bond motifs is 1. The SMILES string of the molecule is CCOc1c(Br)cc(C=C2SC(=S)N(c3ccc4c(c3)OCO4)C2=O)cc1OC. The number of hydrogen-bond donors (Lipinski definition) is 0. The molecular weight excluding hydrogens is 478 g/mol. The van der Waals surface area contributed by atoms with E-state index in [9.17, 15) is 4.79 Å². The van der Waals surface area contributed by atoms with E-state index in [1.165, 1.54) is 16.7 Å². The van der Waals surface area contributed by atoms with E-state index in [1.54, 1.807) is 31.4 Å². The highest BCUT2D eigenvalue weighted by atomic mass is 79.9. The van der Waals surface area contributed by atoms with Crippen LogP contribution in [-0.4, -0.2) is 30.7 Å². The number of hydrogen-bond acceptors (Lipinski definition) is 7. The lowest BCUT2D eigenvalue weighted by molar-refractivity contribution is -0.113. The number of anilines is 1. The van der Waals surface area contributed by atoms with Gasteiger partial charge >= 0.3 is 0 Å². The molecule has 0 radical (unpaired) electrons. The number of rotatable bonds is 5. The molecule has 0 spiro atoms. The van der Waals surface area contributed by atoms with Gasteiger partial charge in [-0.2, -0.15) is 0 Å². The number of thioether (sulfide) groups is 1. The maximum atomic E-state index is 13.0. The Kier molecular flexibility index (Phi) is 5.71. The Bertz CT molecular complexity index is 1040. The van der Waals surface area contributed by atoms with Gasteiger partial charge in [0.1, 0.15) is 0 Å². The van der Waals surface area contributed by atoms with Gasteiger partial charge in [0.15, 0.2) is 27.3 Å². The van der Waals surface area contributed by atoms with Crippen molar-refractivity contribution >= 4 is 61.9 Å². The van der Waals surface area contributed by atoms with Crippen molar-refractivity contribution < 1.29 is 23.7 Å². The van der Waals surface area contributed by atoms with Crippen LogP contribution in [0.15, 0.2) is 39.7 Å². The summed E-state index contributed by atoms with van der Waals surface area (Å²) in [5, 5.41) is 0. The number of ether oxygens (including phenoxy) is 4. The Hall–Kier alpha value is -2.23. The molecule has 6 nitrogen and oxygen atoms in total. The largest absolute Gasteiger partial charge is 0.493 e. The second-order valence-electron chi connectivity index (χ2n) is 6.02. The summed E-state index contributed by atoms with van der Waals surface area (Å²) in [5.41, 5.74) is 1.44. The van der Waals surface area contributed by atoms with Gasteiger partial charge in [-0.15, -0.1) is 0 Å². The van der Waals surface area contributed by atoms with E-state index in [4.69, 9.17) is 31.2 Å². The zero-order valence-electron chi connectivity index (χ0n) is 15.6. The van der Waals surface area contributed by atoms with Crippen LogP contribution in [0.5, 0.6) is 23.0 Å². The van der Waals surface area contributed by atoms with Crippen molar-refractivity contribution in [3.63, 3.8) is 0 Å². The third kappa shape index (κ3) is 3.82. The van der Waals surface area contributed by atoms with Gasteiger partial charge < -0.3 is 18.9 Å². The van der Waals surface area contributed by atoms with Crippen molar-refractivity contribution in [3.8, 4) is 23.0 Å². The molecule has 0 aromatic heterocycles. The third-order valence-electron chi connectivity index (χ3n) is 4.25. The van der Waals surface area contributed by atoms with Gasteiger partial charge in [0.25, 0.3) is 5.91 Å². The van der Waals surface area contributed by atoms with Crippen LogP contribution in [0.3, 0.4) is 0 Å². The zero-order chi connectivity index (χ0) is 20.5. The topological polar surface area (TPSA) is 57.2 Å². The van der Waals surface area contributed by atoms with Crippen LogP contribution in [0.2, 0.25) is 0 Å². The van der Waals surface area contributed by atoms with Crippen LogP contribution in [0.25, 0.3) is 6.08 Å². The molecule has 0 aliphatic carbocycles. The van der Waals surface area contributed by atoms with Gasteiger partial charge in [0.2, 0.25) is 6.79 Å². The number of thiocarbonyl (C=S) groups is 1. The summed E-state index contributed by atoms with van der Waals surface area (Å²) in [6.45, 7) is 2.59. The lowest BCUT2D eigenvalue weighted by Gasteiger charge is -2.15. The molecule has 1 fully saturated rings. The number of halogens is 1.